The molecule has 1 atom stereocenters. The molecule has 0 fully saturated rings. The maximum absolute atomic E-state index is 11.8. The fourth-order valence-corrected chi connectivity index (χ4v) is 1.58. The topological polar surface area (TPSA) is 140 Å². The first kappa shape index (κ1) is 26.2. The molecule has 0 saturated carbocycles. The quantitative estimate of drug-likeness (QED) is 0.556. The van der Waals surface area contributed by atoms with Crippen molar-refractivity contribution in [1.82, 2.24) is 10.6 Å². The SMILES string of the molecule is CC(=O)O.CC(C)(C)OC(=O)NC[C@@H](CCCN)NC(=O)OC(C)(C)C. The lowest BCUT2D eigenvalue weighted by atomic mass is 10.1. The van der Waals surface area contributed by atoms with Crippen molar-refractivity contribution >= 4 is 18.2 Å². The van der Waals surface area contributed by atoms with Gasteiger partial charge in [-0.05, 0) is 60.9 Å². The number of nitrogens with two attached hydrogens (primary N) is 1. The third-order valence-corrected chi connectivity index (χ3v) is 2.37. The number of nitrogens with one attached hydrogen (secondary N) is 2. The molecule has 0 bridgehead atoms. The normalized spacial score (nSPS) is 12.2. The largest absolute Gasteiger partial charge is 0.481 e. The lowest BCUT2D eigenvalue weighted by molar-refractivity contribution is -0.134. The molecular formula is C17H35N3O6. The van der Waals surface area contributed by atoms with Crippen molar-refractivity contribution in [2.24, 2.45) is 5.73 Å². The summed E-state index contributed by atoms with van der Waals surface area (Å²) in [7, 11) is 0. The highest BCUT2D eigenvalue weighted by molar-refractivity contribution is 5.69. The first-order chi connectivity index (χ1) is 11.7. The van der Waals surface area contributed by atoms with Crippen molar-refractivity contribution in [3.8, 4) is 0 Å². The van der Waals surface area contributed by atoms with Crippen molar-refractivity contribution in [2.75, 3.05) is 13.1 Å². The summed E-state index contributed by atoms with van der Waals surface area (Å²) < 4.78 is 10.4. The van der Waals surface area contributed by atoms with Gasteiger partial charge in [0.2, 0.25) is 0 Å². The molecule has 0 aromatic heterocycles. The Morgan fingerprint density at radius 3 is 1.81 bits per heavy atom. The Morgan fingerprint density at radius 2 is 1.42 bits per heavy atom. The summed E-state index contributed by atoms with van der Waals surface area (Å²) in [6, 6.07) is -0.258. The number of aliphatic carboxylic acids is 1. The molecule has 0 unspecified atom stereocenters. The van der Waals surface area contributed by atoms with Crippen molar-refractivity contribution in [3.63, 3.8) is 0 Å². The van der Waals surface area contributed by atoms with Gasteiger partial charge in [-0.2, -0.15) is 0 Å². The Labute approximate surface area is 156 Å². The van der Waals surface area contributed by atoms with Gasteiger partial charge in [-0.25, -0.2) is 9.59 Å². The molecule has 0 aliphatic rings. The van der Waals surface area contributed by atoms with E-state index in [1.807, 2.05) is 0 Å². The van der Waals surface area contributed by atoms with Gasteiger partial charge in [0.15, 0.2) is 0 Å². The first-order valence-corrected chi connectivity index (χ1v) is 8.52. The van der Waals surface area contributed by atoms with E-state index in [1.54, 1.807) is 41.5 Å². The third kappa shape index (κ3) is 22.0. The zero-order valence-corrected chi connectivity index (χ0v) is 17.0. The van der Waals surface area contributed by atoms with Crippen molar-refractivity contribution < 1.29 is 29.0 Å². The summed E-state index contributed by atoms with van der Waals surface area (Å²) in [5.74, 6) is -0.833. The van der Waals surface area contributed by atoms with Crippen LogP contribution >= 0.6 is 0 Å². The van der Waals surface area contributed by atoms with Crippen molar-refractivity contribution in [2.45, 2.75) is 78.6 Å². The molecule has 0 spiro atoms. The van der Waals surface area contributed by atoms with E-state index in [9.17, 15) is 9.59 Å². The van der Waals surface area contributed by atoms with E-state index < -0.39 is 29.4 Å². The highest BCUT2D eigenvalue weighted by Gasteiger charge is 2.21. The number of rotatable bonds is 6. The van der Waals surface area contributed by atoms with Crippen LogP contribution in [-0.4, -0.2) is 53.6 Å². The summed E-state index contributed by atoms with van der Waals surface area (Å²) in [6.45, 7) is 12.6. The van der Waals surface area contributed by atoms with Crippen molar-refractivity contribution in [3.05, 3.63) is 0 Å². The van der Waals surface area contributed by atoms with Crippen LogP contribution in [0.1, 0.15) is 61.3 Å². The molecule has 0 aromatic carbocycles. The predicted octanol–water partition coefficient (Wildman–Crippen LogP) is 2.23. The van der Waals surface area contributed by atoms with Crippen LogP contribution in [-0.2, 0) is 14.3 Å². The second kappa shape index (κ2) is 12.3. The minimum Gasteiger partial charge on any atom is -0.481 e. The molecule has 154 valence electrons. The van der Waals surface area contributed by atoms with Gasteiger partial charge in [0, 0.05) is 19.5 Å². The molecule has 0 heterocycles. The molecule has 2 amide bonds. The number of carboxylic acid groups (broad SMARTS) is 1. The fraction of sp³-hybridized carbons (Fsp3) is 0.824. The van der Waals surface area contributed by atoms with Gasteiger partial charge in [-0.15, -0.1) is 0 Å². The molecule has 9 nitrogen and oxygen atoms in total. The number of amides is 2. The summed E-state index contributed by atoms with van der Waals surface area (Å²) in [5.41, 5.74) is 4.36. The molecule has 5 N–H and O–H groups in total. The van der Waals surface area contributed by atoms with Crippen LogP contribution in [0.25, 0.3) is 0 Å². The lowest BCUT2D eigenvalue weighted by Gasteiger charge is -2.25. The molecule has 26 heavy (non-hydrogen) atoms. The Morgan fingerprint density at radius 1 is 1.00 bits per heavy atom. The van der Waals surface area contributed by atoms with Crippen molar-refractivity contribution in [1.29, 1.82) is 0 Å². The number of ether oxygens (including phenoxy) is 2. The van der Waals surface area contributed by atoms with Crippen LogP contribution in [0.2, 0.25) is 0 Å². The average molecular weight is 377 g/mol. The number of alkyl carbamates (subject to hydrolysis) is 2. The Kier molecular flexibility index (Phi) is 12.4. The zero-order valence-electron chi connectivity index (χ0n) is 17.0. The highest BCUT2D eigenvalue weighted by Crippen LogP contribution is 2.08. The number of hydrogen-bond acceptors (Lipinski definition) is 6. The number of hydrogen-bond donors (Lipinski definition) is 4. The number of carboxylic acids is 1. The maximum Gasteiger partial charge on any atom is 0.407 e. The molecule has 0 aromatic rings. The average Bonchev–Trinajstić information content (AvgIpc) is 2.37. The Hall–Kier alpha value is -2.03. The smallest absolute Gasteiger partial charge is 0.407 e. The number of carbonyl (C=O) groups is 3. The zero-order chi connectivity index (χ0) is 21.0. The summed E-state index contributed by atoms with van der Waals surface area (Å²) in [5, 5.41) is 12.8. The second-order valence-corrected chi connectivity index (χ2v) is 7.68. The predicted molar refractivity (Wildman–Crippen MR) is 99.0 cm³/mol. The van der Waals surface area contributed by atoms with Gasteiger partial charge in [-0.3, -0.25) is 4.79 Å². The van der Waals surface area contributed by atoms with Crippen LogP contribution in [0.4, 0.5) is 9.59 Å². The minimum atomic E-state index is -0.833. The summed E-state index contributed by atoms with van der Waals surface area (Å²) >= 11 is 0. The van der Waals surface area contributed by atoms with E-state index in [-0.39, 0.29) is 12.6 Å². The monoisotopic (exact) mass is 377 g/mol. The molecule has 0 radical (unpaired) electrons. The second-order valence-electron chi connectivity index (χ2n) is 7.68. The van der Waals surface area contributed by atoms with E-state index in [0.29, 0.717) is 13.0 Å². The Bertz CT molecular complexity index is 437. The molecule has 0 aliphatic heterocycles. The molecule has 9 heteroatoms. The fourth-order valence-electron chi connectivity index (χ4n) is 1.58. The van der Waals surface area contributed by atoms with E-state index in [1.165, 1.54) is 0 Å². The first-order valence-electron chi connectivity index (χ1n) is 8.52. The van der Waals surface area contributed by atoms with E-state index in [4.69, 9.17) is 25.1 Å². The van der Waals surface area contributed by atoms with Gasteiger partial charge in [-0.1, -0.05) is 0 Å². The lowest BCUT2D eigenvalue weighted by Crippen LogP contribution is -2.46. The molecule has 0 aliphatic carbocycles. The maximum atomic E-state index is 11.8. The minimum absolute atomic E-state index is 0.258. The summed E-state index contributed by atoms with van der Waals surface area (Å²) in [4.78, 5) is 32.4. The highest BCUT2D eigenvalue weighted by atomic mass is 16.6. The number of carbonyl (C=O) groups excluding carboxylic acids is 2. The van der Waals surface area contributed by atoms with Gasteiger partial charge in [0.1, 0.15) is 11.2 Å². The van der Waals surface area contributed by atoms with Crippen LogP contribution in [0.15, 0.2) is 0 Å². The van der Waals surface area contributed by atoms with E-state index in [0.717, 1.165) is 13.3 Å². The van der Waals surface area contributed by atoms with Gasteiger partial charge < -0.3 is 30.9 Å². The third-order valence-electron chi connectivity index (χ3n) is 2.37. The van der Waals surface area contributed by atoms with Gasteiger partial charge >= 0.3 is 12.2 Å². The molecule has 0 rings (SSSR count). The van der Waals surface area contributed by atoms with Crippen LogP contribution in [0, 0.1) is 0 Å². The standard InChI is InChI=1S/C15H31N3O4.C2H4O2/c1-14(2,3)21-12(19)17-10-11(8-7-9-16)18-13(20)22-15(4,5)6;1-2(3)4/h11H,7-10,16H2,1-6H3,(H,17,19)(H,18,20);1H3,(H,3,4)/t11-;/m1./s1. The van der Waals surface area contributed by atoms with Crippen LogP contribution < -0.4 is 16.4 Å². The van der Waals surface area contributed by atoms with Crippen LogP contribution in [0.5, 0.6) is 0 Å². The Balaban J connectivity index is 0. The van der Waals surface area contributed by atoms with Crippen LogP contribution in [0.3, 0.4) is 0 Å². The van der Waals surface area contributed by atoms with Gasteiger partial charge in [0.25, 0.3) is 5.97 Å². The van der Waals surface area contributed by atoms with E-state index >= 15 is 0 Å². The van der Waals surface area contributed by atoms with Gasteiger partial charge in [0.05, 0.1) is 0 Å². The summed E-state index contributed by atoms with van der Waals surface area (Å²) in [6.07, 6.45) is 0.346. The molecule has 0 saturated heterocycles. The molecular weight excluding hydrogens is 342 g/mol. The van der Waals surface area contributed by atoms with E-state index in [2.05, 4.69) is 10.6 Å².